The first-order valence-corrected chi connectivity index (χ1v) is 7.83. The second-order valence-corrected chi connectivity index (χ2v) is 6.04. The van der Waals surface area contributed by atoms with E-state index in [9.17, 15) is 0 Å². The zero-order chi connectivity index (χ0) is 14.7. The lowest BCUT2D eigenvalue weighted by molar-refractivity contribution is 0.762. The lowest BCUT2D eigenvalue weighted by Gasteiger charge is -2.00. The van der Waals surface area contributed by atoms with Crippen molar-refractivity contribution in [2.45, 2.75) is 6.54 Å². The smallest absolute Gasteiger partial charge is 0.208 e. The Morgan fingerprint density at radius 3 is 2.29 bits per heavy atom. The van der Waals surface area contributed by atoms with E-state index in [2.05, 4.69) is 21.1 Å². The monoisotopic (exact) mass is 313 g/mol. The lowest BCUT2D eigenvalue weighted by atomic mass is 10.2. The van der Waals surface area contributed by atoms with Crippen molar-refractivity contribution >= 4 is 29.4 Å². The fourth-order valence-corrected chi connectivity index (χ4v) is 3.29. The van der Waals surface area contributed by atoms with Gasteiger partial charge in [-0.2, -0.15) is 0 Å². The van der Waals surface area contributed by atoms with Gasteiger partial charge in [-0.15, -0.1) is 0 Å². The van der Waals surface area contributed by atoms with Crippen LogP contribution in [0.3, 0.4) is 0 Å². The van der Waals surface area contributed by atoms with Crippen molar-refractivity contribution in [1.29, 1.82) is 0 Å². The van der Waals surface area contributed by atoms with Crippen LogP contribution in [0.4, 0.5) is 5.69 Å². The summed E-state index contributed by atoms with van der Waals surface area (Å²) >= 11 is 7.09. The molecule has 0 radical (unpaired) electrons. The molecular formula is C16H15N3S2. The van der Waals surface area contributed by atoms with E-state index in [4.69, 9.17) is 12.2 Å². The molecule has 0 aliphatic rings. The molecule has 21 heavy (non-hydrogen) atoms. The number of nitrogens with zero attached hydrogens (tertiary/aromatic N) is 3. The van der Waals surface area contributed by atoms with Gasteiger partial charge in [0, 0.05) is 7.05 Å². The van der Waals surface area contributed by atoms with Gasteiger partial charge in [0.15, 0.2) is 4.77 Å². The van der Waals surface area contributed by atoms with Gasteiger partial charge in [0.2, 0.25) is 4.80 Å². The fraction of sp³-hybridized carbons (Fsp3) is 0.125. The molecule has 0 unspecified atom stereocenters. The van der Waals surface area contributed by atoms with E-state index >= 15 is 0 Å². The number of rotatable bonds is 3. The molecular weight excluding hydrogens is 298 g/mol. The molecule has 1 aromatic heterocycles. The van der Waals surface area contributed by atoms with Gasteiger partial charge in [-0.3, -0.25) is 8.52 Å². The van der Waals surface area contributed by atoms with Gasteiger partial charge < -0.3 is 0 Å². The normalized spacial score (nSPS) is 11.8. The Labute approximate surface area is 132 Å². The summed E-state index contributed by atoms with van der Waals surface area (Å²) in [6.07, 6.45) is 0. The third-order valence-corrected chi connectivity index (χ3v) is 4.79. The molecule has 3 rings (SSSR count). The van der Waals surface area contributed by atoms with Crippen LogP contribution in [0, 0.1) is 4.77 Å². The van der Waals surface area contributed by atoms with Gasteiger partial charge in [0.1, 0.15) is 0 Å². The average Bonchev–Trinajstić information content (AvgIpc) is 2.78. The number of aromatic nitrogens is 2. The van der Waals surface area contributed by atoms with Crippen LogP contribution in [0.15, 0.2) is 65.7 Å². The minimum atomic E-state index is 0.780. The van der Waals surface area contributed by atoms with Crippen LogP contribution in [-0.2, 0) is 13.6 Å². The predicted molar refractivity (Wildman–Crippen MR) is 89.3 cm³/mol. The van der Waals surface area contributed by atoms with Gasteiger partial charge in [-0.1, -0.05) is 48.5 Å². The number of hydrogen-bond donors (Lipinski definition) is 0. The summed E-state index contributed by atoms with van der Waals surface area (Å²) in [6.45, 7) is 0.780. The molecule has 0 amide bonds. The van der Waals surface area contributed by atoms with Crippen LogP contribution in [-0.4, -0.2) is 8.52 Å². The average molecular weight is 313 g/mol. The van der Waals surface area contributed by atoms with Crippen molar-refractivity contribution in [2.75, 3.05) is 0 Å². The minimum absolute atomic E-state index is 0.780. The van der Waals surface area contributed by atoms with Crippen molar-refractivity contribution in [1.82, 2.24) is 8.52 Å². The highest BCUT2D eigenvalue weighted by atomic mass is 32.1. The summed E-state index contributed by atoms with van der Waals surface area (Å²) in [6, 6.07) is 20.3. The van der Waals surface area contributed by atoms with E-state index in [1.54, 1.807) is 11.5 Å². The van der Waals surface area contributed by atoms with Crippen molar-refractivity contribution in [3.8, 4) is 0 Å². The lowest BCUT2D eigenvalue weighted by Crippen LogP contribution is -2.09. The van der Waals surface area contributed by atoms with E-state index in [0.717, 1.165) is 21.8 Å². The molecule has 0 fully saturated rings. The molecule has 0 saturated heterocycles. The largest absolute Gasteiger partial charge is 0.296 e. The van der Waals surface area contributed by atoms with E-state index < -0.39 is 0 Å². The maximum atomic E-state index is 5.51. The topological polar surface area (TPSA) is 22.2 Å². The van der Waals surface area contributed by atoms with Crippen LogP contribution < -0.4 is 4.80 Å². The highest BCUT2D eigenvalue weighted by Crippen LogP contribution is 2.10. The summed E-state index contributed by atoms with van der Waals surface area (Å²) in [5.41, 5.74) is 2.18. The molecule has 3 aromatic rings. The standard InChI is InChI=1S/C16H15N3S2/c1-18-15(17-14-10-6-3-7-11-14)21-19(16(18)20)12-13-8-4-2-5-9-13/h2-11H,12H2,1H3. The molecule has 0 aliphatic heterocycles. The molecule has 0 saturated carbocycles. The summed E-state index contributed by atoms with van der Waals surface area (Å²) in [5.74, 6) is 0. The highest BCUT2D eigenvalue weighted by molar-refractivity contribution is 7.71. The summed E-state index contributed by atoms with van der Waals surface area (Å²) in [4.78, 5) is 5.56. The number of para-hydroxylation sites is 1. The minimum Gasteiger partial charge on any atom is -0.296 e. The quantitative estimate of drug-likeness (QED) is 0.672. The Kier molecular flexibility index (Phi) is 4.13. The predicted octanol–water partition coefficient (Wildman–Crippen LogP) is 3.90. The van der Waals surface area contributed by atoms with Crippen molar-refractivity contribution in [3.63, 3.8) is 0 Å². The molecule has 0 spiro atoms. The van der Waals surface area contributed by atoms with E-state index in [-0.39, 0.29) is 0 Å². The van der Waals surface area contributed by atoms with Crippen LogP contribution in [0.2, 0.25) is 0 Å². The number of hydrogen-bond acceptors (Lipinski definition) is 3. The number of benzene rings is 2. The van der Waals surface area contributed by atoms with Crippen molar-refractivity contribution < 1.29 is 0 Å². The maximum Gasteiger partial charge on any atom is 0.208 e. The van der Waals surface area contributed by atoms with Crippen molar-refractivity contribution in [3.05, 3.63) is 75.8 Å². The Balaban J connectivity index is 2.00. The van der Waals surface area contributed by atoms with Gasteiger partial charge in [0.05, 0.1) is 12.2 Å². The van der Waals surface area contributed by atoms with E-state index in [1.807, 2.05) is 60.1 Å². The van der Waals surface area contributed by atoms with Gasteiger partial charge in [-0.25, -0.2) is 4.99 Å². The second-order valence-electron chi connectivity index (χ2n) is 4.69. The molecule has 3 nitrogen and oxygen atoms in total. The van der Waals surface area contributed by atoms with Crippen LogP contribution in [0.5, 0.6) is 0 Å². The Morgan fingerprint density at radius 2 is 1.62 bits per heavy atom. The van der Waals surface area contributed by atoms with E-state index in [0.29, 0.717) is 0 Å². The van der Waals surface area contributed by atoms with Gasteiger partial charge >= 0.3 is 0 Å². The molecule has 0 N–H and O–H groups in total. The van der Waals surface area contributed by atoms with Crippen LogP contribution in [0.25, 0.3) is 0 Å². The van der Waals surface area contributed by atoms with Crippen LogP contribution in [0.1, 0.15) is 5.56 Å². The SMILES string of the molecule is Cn1c(=Nc2ccccc2)sn(Cc2ccccc2)c1=S. The zero-order valence-corrected chi connectivity index (χ0v) is 13.3. The summed E-state index contributed by atoms with van der Waals surface area (Å²) in [7, 11) is 1.96. The molecule has 106 valence electrons. The maximum absolute atomic E-state index is 5.51. The van der Waals surface area contributed by atoms with Crippen molar-refractivity contribution in [2.24, 2.45) is 12.0 Å². The van der Waals surface area contributed by atoms with Gasteiger partial charge in [-0.05, 0) is 41.4 Å². The third kappa shape index (κ3) is 3.20. The molecule has 0 atom stereocenters. The first kappa shape index (κ1) is 14.0. The van der Waals surface area contributed by atoms with Crippen LogP contribution >= 0.6 is 23.8 Å². The Morgan fingerprint density at radius 1 is 1.00 bits per heavy atom. The second kappa shape index (κ2) is 6.20. The molecule has 1 heterocycles. The summed E-state index contributed by atoms with van der Waals surface area (Å²) in [5, 5.41) is 0. The summed E-state index contributed by atoms with van der Waals surface area (Å²) < 4.78 is 4.83. The first-order valence-electron chi connectivity index (χ1n) is 6.65. The molecule has 0 aliphatic carbocycles. The van der Waals surface area contributed by atoms with E-state index in [1.165, 1.54) is 5.56 Å². The Hall–Kier alpha value is -1.98. The Bertz CT molecular complexity index is 842. The highest BCUT2D eigenvalue weighted by Gasteiger charge is 2.03. The molecule has 2 aromatic carbocycles. The fourth-order valence-electron chi connectivity index (χ4n) is 2.01. The van der Waals surface area contributed by atoms with Gasteiger partial charge in [0.25, 0.3) is 0 Å². The molecule has 0 bridgehead atoms. The zero-order valence-electron chi connectivity index (χ0n) is 11.6. The first-order chi connectivity index (χ1) is 10.2. The third-order valence-electron chi connectivity index (χ3n) is 3.13. The molecule has 5 heteroatoms.